The molecule has 0 spiro atoms. The van der Waals surface area contributed by atoms with Gasteiger partial charge in [-0.15, -0.1) is 0 Å². The van der Waals surface area contributed by atoms with Crippen LogP contribution in [-0.4, -0.2) is 48.3 Å². The highest BCUT2D eigenvalue weighted by Crippen LogP contribution is 2.43. The van der Waals surface area contributed by atoms with E-state index in [0.29, 0.717) is 22.6 Å². The van der Waals surface area contributed by atoms with E-state index >= 15 is 0 Å². The molecule has 3 heterocycles. The SMILES string of the molecule is CC(C)n1nccc1C(=O)N[C@H](c1cn2ncc(C(NC(=O)CC(C)C(F)(F)F)C3CC3)cc2n1)C1CCC(F)(F)CC1. The van der Waals surface area contributed by atoms with E-state index in [0.717, 1.165) is 19.8 Å². The van der Waals surface area contributed by atoms with Crippen LogP contribution in [-0.2, 0) is 4.79 Å². The van der Waals surface area contributed by atoms with Crippen LogP contribution in [0.3, 0.4) is 0 Å². The molecule has 234 valence electrons. The molecule has 2 saturated carbocycles. The standard InChI is InChI=1S/C29H36F5N7O2/c1-16(2)41-22(8-11-35-41)27(43)39-26(19-6-9-28(30,31)10-7-19)21-15-40-23(37-21)13-20(14-36-40)25(18-4-5-18)38-24(42)12-17(3)29(32,33)34/h8,11,13-19,25-26H,4-7,9-10,12H2,1-3H3,(H,38,42)(H,39,43)/t17?,25?,26-/m0/s1. The van der Waals surface area contributed by atoms with Gasteiger partial charge in [-0.3, -0.25) is 14.3 Å². The Hall–Kier alpha value is -3.58. The summed E-state index contributed by atoms with van der Waals surface area (Å²) < 4.78 is 70.2. The van der Waals surface area contributed by atoms with E-state index in [4.69, 9.17) is 4.98 Å². The normalized spacial score (nSPS) is 19.7. The number of alkyl halides is 5. The first kappa shape index (κ1) is 30.9. The third kappa shape index (κ3) is 7.15. The van der Waals surface area contributed by atoms with Crippen molar-refractivity contribution in [2.24, 2.45) is 17.8 Å². The molecule has 2 fully saturated rings. The van der Waals surface area contributed by atoms with Crippen LogP contribution in [0.1, 0.15) is 106 Å². The number of hydrogen-bond donors (Lipinski definition) is 2. The second-order valence-electron chi connectivity index (χ2n) is 12.2. The van der Waals surface area contributed by atoms with Gasteiger partial charge in [-0.05, 0) is 69.1 Å². The summed E-state index contributed by atoms with van der Waals surface area (Å²) in [7, 11) is 0. The van der Waals surface area contributed by atoms with Crippen LogP contribution in [0, 0.1) is 17.8 Å². The lowest BCUT2D eigenvalue weighted by atomic mass is 9.81. The van der Waals surface area contributed by atoms with Crippen LogP contribution >= 0.6 is 0 Å². The molecule has 0 radical (unpaired) electrons. The van der Waals surface area contributed by atoms with E-state index in [9.17, 15) is 31.5 Å². The molecule has 2 aliphatic carbocycles. The Morgan fingerprint density at radius 3 is 2.33 bits per heavy atom. The molecule has 2 unspecified atom stereocenters. The second-order valence-corrected chi connectivity index (χ2v) is 12.2. The molecule has 0 bridgehead atoms. The van der Waals surface area contributed by atoms with E-state index < -0.39 is 48.3 Å². The highest BCUT2D eigenvalue weighted by atomic mass is 19.4. The van der Waals surface area contributed by atoms with E-state index in [1.54, 1.807) is 29.2 Å². The minimum Gasteiger partial charge on any atom is -0.349 e. The van der Waals surface area contributed by atoms with Crippen molar-refractivity contribution >= 4 is 17.5 Å². The number of aromatic nitrogens is 5. The maximum absolute atomic E-state index is 14.0. The molecule has 43 heavy (non-hydrogen) atoms. The third-order valence-corrected chi connectivity index (χ3v) is 8.41. The summed E-state index contributed by atoms with van der Waals surface area (Å²) in [6.07, 6.45) is 1.02. The lowest BCUT2D eigenvalue weighted by Crippen LogP contribution is -2.38. The lowest BCUT2D eigenvalue weighted by Gasteiger charge is -2.33. The summed E-state index contributed by atoms with van der Waals surface area (Å²) in [6.45, 7) is 4.76. The zero-order valence-electron chi connectivity index (χ0n) is 24.2. The predicted octanol–water partition coefficient (Wildman–Crippen LogP) is 5.96. The fraction of sp³-hybridized carbons (Fsp3) is 0.621. The maximum atomic E-state index is 14.0. The van der Waals surface area contributed by atoms with Crippen molar-refractivity contribution < 1.29 is 31.5 Å². The molecule has 5 rings (SSSR count). The number of carbonyl (C=O) groups is 2. The smallest absolute Gasteiger partial charge is 0.349 e. The molecule has 3 aromatic rings. The summed E-state index contributed by atoms with van der Waals surface area (Å²) in [5.74, 6) is -5.83. The van der Waals surface area contributed by atoms with E-state index in [2.05, 4.69) is 20.8 Å². The zero-order valence-corrected chi connectivity index (χ0v) is 24.2. The molecular formula is C29H36F5N7O2. The minimum atomic E-state index is -4.46. The molecule has 2 aliphatic rings. The maximum Gasteiger partial charge on any atom is 0.392 e. The van der Waals surface area contributed by atoms with E-state index in [-0.39, 0.29) is 43.6 Å². The van der Waals surface area contributed by atoms with Crippen LogP contribution in [0.25, 0.3) is 5.65 Å². The van der Waals surface area contributed by atoms with Crippen molar-refractivity contribution in [1.29, 1.82) is 0 Å². The fourth-order valence-corrected chi connectivity index (χ4v) is 5.71. The first-order valence-corrected chi connectivity index (χ1v) is 14.7. The zero-order chi connectivity index (χ0) is 31.1. The van der Waals surface area contributed by atoms with Crippen LogP contribution in [0.5, 0.6) is 0 Å². The van der Waals surface area contributed by atoms with Gasteiger partial charge in [0.1, 0.15) is 5.69 Å². The van der Waals surface area contributed by atoms with Gasteiger partial charge < -0.3 is 10.6 Å². The van der Waals surface area contributed by atoms with Crippen LogP contribution < -0.4 is 10.6 Å². The van der Waals surface area contributed by atoms with E-state index in [1.165, 1.54) is 10.7 Å². The molecule has 14 heteroatoms. The second kappa shape index (κ2) is 11.8. The largest absolute Gasteiger partial charge is 0.392 e. The predicted molar refractivity (Wildman–Crippen MR) is 146 cm³/mol. The average Bonchev–Trinajstić information content (AvgIpc) is 3.47. The molecule has 0 aromatic carbocycles. The highest BCUT2D eigenvalue weighted by molar-refractivity contribution is 5.92. The van der Waals surface area contributed by atoms with Crippen molar-refractivity contribution in [3.63, 3.8) is 0 Å². The molecule has 9 nitrogen and oxygen atoms in total. The van der Waals surface area contributed by atoms with Gasteiger partial charge in [0.25, 0.3) is 5.91 Å². The first-order chi connectivity index (χ1) is 20.2. The molecule has 3 aromatic heterocycles. The number of nitrogens with one attached hydrogen (secondary N) is 2. The molecule has 3 atom stereocenters. The molecule has 2 amide bonds. The summed E-state index contributed by atoms with van der Waals surface area (Å²) in [5, 5.41) is 14.4. The van der Waals surface area contributed by atoms with Crippen molar-refractivity contribution in [3.05, 3.63) is 47.7 Å². The molecule has 0 saturated heterocycles. The molecule has 0 aliphatic heterocycles. The number of nitrogens with zero attached hydrogens (tertiary/aromatic N) is 5. The van der Waals surface area contributed by atoms with Crippen LogP contribution in [0.15, 0.2) is 30.7 Å². The number of amides is 2. The van der Waals surface area contributed by atoms with E-state index in [1.807, 2.05) is 13.8 Å². The topological polar surface area (TPSA) is 106 Å². The Labute approximate surface area is 245 Å². The number of carbonyl (C=O) groups excluding carboxylic acids is 2. The van der Waals surface area contributed by atoms with Gasteiger partial charge in [-0.2, -0.15) is 23.4 Å². The number of fused-ring (bicyclic) bond motifs is 1. The number of rotatable bonds is 10. The highest BCUT2D eigenvalue weighted by Gasteiger charge is 2.41. The minimum absolute atomic E-state index is 0.0723. The Morgan fingerprint density at radius 2 is 1.70 bits per heavy atom. The van der Waals surface area contributed by atoms with Crippen molar-refractivity contribution in [2.75, 3.05) is 0 Å². The monoisotopic (exact) mass is 609 g/mol. The van der Waals surface area contributed by atoms with Gasteiger partial charge in [-0.1, -0.05) is 6.92 Å². The Kier molecular flexibility index (Phi) is 8.50. The van der Waals surface area contributed by atoms with Gasteiger partial charge in [0.05, 0.1) is 36.1 Å². The van der Waals surface area contributed by atoms with Gasteiger partial charge in [0.2, 0.25) is 11.8 Å². The van der Waals surface area contributed by atoms with Gasteiger partial charge in [-0.25, -0.2) is 18.3 Å². The van der Waals surface area contributed by atoms with Crippen LogP contribution in [0.2, 0.25) is 0 Å². The number of imidazole rings is 1. The fourth-order valence-electron chi connectivity index (χ4n) is 5.71. The summed E-state index contributed by atoms with van der Waals surface area (Å²) in [5.41, 5.74) is 1.81. The Bertz CT molecular complexity index is 1450. The lowest BCUT2D eigenvalue weighted by molar-refractivity contribution is -0.174. The summed E-state index contributed by atoms with van der Waals surface area (Å²) in [4.78, 5) is 30.6. The van der Waals surface area contributed by atoms with Crippen molar-refractivity contribution in [3.8, 4) is 0 Å². The van der Waals surface area contributed by atoms with Crippen molar-refractivity contribution in [1.82, 2.24) is 35.0 Å². The number of hydrogen-bond acceptors (Lipinski definition) is 5. The summed E-state index contributed by atoms with van der Waals surface area (Å²) in [6, 6.07) is 2.05. The molecular weight excluding hydrogens is 573 g/mol. The molecule has 2 N–H and O–H groups in total. The van der Waals surface area contributed by atoms with Crippen LogP contribution in [0.4, 0.5) is 22.0 Å². The third-order valence-electron chi connectivity index (χ3n) is 8.41. The Balaban J connectivity index is 1.41. The van der Waals surface area contributed by atoms with Crippen molar-refractivity contribution in [2.45, 2.75) is 95.9 Å². The van der Waals surface area contributed by atoms with Gasteiger partial charge in [0, 0.05) is 31.5 Å². The average molecular weight is 610 g/mol. The van der Waals surface area contributed by atoms with Gasteiger partial charge >= 0.3 is 6.18 Å². The quantitative estimate of drug-likeness (QED) is 0.276. The first-order valence-electron chi connectivity index (χ1n) is 14.7. The Morgan fingerprint density at radius 1 is 1.02 bits per heavy atom. The summed E-state index contributed by atoms with van der Waals surface area (Å²) >= 11 is 0. The van der Waals surface area contributed by atoms with Gasteiger partial charge in [0.15, 0.2) is 5.65 Å². The number of halogens is 5.